The first-order valence-corrected chi connectivity index (χ1v) is 7.38. The van der Waals surface area contributed by atoms with Gasteiger partial charge in [-0.25, -0.2) is 13.4 Å². The highest BCUT2D eigenvalue weighted by Crippen LogP contribution is 2.24. The summed E-state index contributed by atoms with van der Waals surface area (Å²) in [5, 5.41) is 11.7. The molecule has 1 aliphatic heterocycles. The molecule has 0 saturated carbocycles. The third-order valence-electron chi connectivity index (χ3n) is 3.16. The summed E-state index contributed by atoms with van der Waals surface area (Å²) in [4.78, 5) is 3.87. The predicted octanol–water partition coefficient (Wildman–Crippen LogP) is -0.290. The fourth-order valence-corrected chi connectivity index (χ4v) is 3.84. The first-order chi connectivity index (χ1) is 8.96. The summed E-state index contributed by atoms with van der Waals surface area (Å²) in [6.45, 7) is 0.347. The average Bonchev–Trinajstić information content (AvgIpc) is 2.85. The highest BCUT2D eigenvalue weighted by atomic mass is 32.2. The first-order valence-electron chi connectivity index (χ1n) is 5.94. The molecule has 1 atom stereocenters. The van der Waals surface area contributed by atoms with Crippen molar-refractivity contribution in [3.8, 4) is 0 Å². The van der Waals surface area contributed by atoms with E-state index in [2.05, 4.69) is 10.1 Å². The van der Waals surface area contributed by atoms with Crippen molar-refractivity contribution in [2.45, 2.75) is 30.3 Å². The van der Waals surface area contributed by atoms with Gasteiger partial charge in [-0.1, -0.05) is 11.6 Å². The molecule has 0 spiro atoms. The number of imidazole rings is 1. The third-order valence-corrected chi connectivity index (χ3v) is 4.96. The van der Waals surface area contributed by atoms with Crippen LogP contribution in [0.15, 0.2) is 22.7 Å². The number of hydrogen-bond donors (Lipinski definition) is 2. The number of aromatic nitrogens is 2. The second-order valence-electron chi connectivity index (χ2n) is 4.53. The number of nitrogens with two attached hydrogens (primary N) is 1. The lowest BCUT2D eigenvalue weighted by molar-refractivity contribution is 0.280. The van der Waals surface area contributed by atoms with Crippen LogP contribution in [-0.4, -0.2) is 45.9 Å². The second-order valence-corrected chi connectivity index (χ2v) is 6.37. The zero-order chi connectivity index (χ0) is 14.0. The fourth-order valence-electron chi connectivity index (χ4n) is 2.20. The van der Waals surface area contributed by atoms with Crippen molar-refractivity contribution < 1.29 is 13.6 Å². The van der Waals surface area contributed by atoms with Gasteiger partial charge in [0.15, 0.2) is 10.9 Å². The number of hydrogen-bond acceptors (Lipinski definition) is 5. The maximum Gasteiger partial charge on any atom is 0.262 e. The van der Waals surface area contributed by atoms with E-state index in [-0.39, 0.29) is 10.9 Å². The van der Waals surface area contributed by atoms with Crippen molar-refractivity contribution in [3.05, 3.63) is 12.5 Å². The Balaban J connectivity index is 2.37. The minimum absolute atomic E-state index is 0.0207. The van der Waals surface area contributed by atoms with Gasteiger partial charge >= 0.3 is 0 Å². The molecule has 19 heavy (non-hydrogen) atoms. The van der Waals surface area contributed by atoms with Crippen molar-refractivity contribution in [2.24, 2.45) is 17.9 Å². The van der Waals surface area contributed by atoms with E-state index < -0.39 is 16.1 Å². The van der Waals surface area contributed by atoms with E-state index in [1.807, 2.05) is 0 Å². The van der Waals surface area contributed by atoms with Crippen molar-refractivity contribution >= 4 is 15.9 Å². The zero-order valence-corrected chi connectivity index (χ0v) is 11.4. The van der Waals surface area contributed by atoms with E-state index in [4.69, 9.17) is 10.9 Å². The number of nitrogens with zero attached hydrogens (tertiary/aromatic N) is 4. The van der Waals surface area contributed by atoms with Crippen LogP contribution in [0.4, 0.5) is 0 Å². The topological polar surface area (TPSA) is 114 Å². The molecule has 106 valence electrons. The maximum atomic E-state index is 12.5. The summed E-state index contributed by atoms with van der Waals surface area (Å²) in [5.41, 5.74) is 5.59. The van der Waals surface area contributed by atoms with Gasteiger partial charge in [-0.2, -0.15) is 4.31 Å². The molecule has 2 rings (SSSR count). The molecule has 1 aromatic heterocycles. The highest BCUT2D eigenvalue weighted by Gasteiger charge is 2.37. The van der Waals surface area contributed by atoms with Gasteiger partial charge in [0, 0.05) is 19.8 Å². The normalized spacial score (nSPS) is 22.6. The SMILES string of the molecule is Cn1cnc(S(=O)(=O)N2CCCCC2C(N)=NO)c1. The molecule has 1 aromatic rings. The standard InChI is InChI=1S/C10H17N5O3S/c1-14-6-9(12-7-14)19(17,18)15-5-3-2-4-8(15)10(11)13-16/h6-8,16H,2-5H2,1H3,(H2,11,13). The molecule has 9 heteroatoms. The number of rotatable bonds is 3. The molecule has 8 nitrogen and oxygen atoms in total. The van der Waals surface area contributed by atoms with E-state index in [0.717, 1.165) is 12.8 Å². The zero-order valence-electron chi connectivity index (χ0n) is 10.6. The lowest BCUT2D eigenvalue weighted by Gasteiger charge is -2.32. The van der Waals surface area contributed by atoms with Crippen molar-refractivity contribution in [1.82, 2.24) is 13.9 Å². The van der Waals surface area contributed by atoms with E-state index in [1.165, 1.54) is 16.8 Å². The smallest absolute Gasteiger partial charge is 0.262 e. The molecule has 0 aliphatic carbocycles. The molecule has 0 bridgehead atoms. The highest BCUT2D eigenvalue weighted by molar-refractivity contribution is 7.89. The van der Waals surface area contributed by atoms with Gasteiger partial charge in [-0.05, 0) is 12.8 Å². The van der Waals surface area contributed by atoms with Crippen LogP contribution in [-0.2, 0) is 17.1 Å². The summed E-state index contributed by atoms with van der Waals surface area (Å²) in [7, 11) is -2.02. The lowest BCUT2D eigenvalue weighted by Crippen LogP contribution is -2.50. The van der Waals surface area contributed by atoms with E-state index >= 15 is 0 Å². The largest absolute Gasteiger partial charge is 0.409 e. The molecule has 0 radical (unpaired) electrons. The van der Waals surface area contributed by atoms with Crippen molar-refractivity contribution in [3.63, 3.8) is 0 Å². The first kappa shape index (κ1) is 13.8. The van der Waals surface area contributed by atoms with Gasteiger partial charge in [0.25, 0.3) is 10.0 Å². The summed E-state index contributed by atoms with van der Waals surface area (Å²) < 4.78 is 27.8. The molecule has 2 heterocycles. The Hall–Kier alpha value is -1.61. The minimum atomic E-state index is -3.72. The van der Waals surface area contributed by atoms with E-state index in [9.17, 15) is 8.42 Å². The molecule has 1 fully saturated rings. The second kappa shape index (κ2) is 5.17. The minimum Gasteiger partial charge on any atom is -0.409 e. The number of sulfonamides is 1. The number of oxime groups is 1. The van der Waals surface area contributed by atoms with Crippen LogP contribution >= 0.6 is 0 Å². The number of amidine groups is 1. The average molecular weight is 287 g/mol. The maximum absolute atomic E-state index is 12.5. The molecule has 0 amide bonds. The summed E-state index contributed by atoms with van der Waals surface area (Å²) >= 11 is 0. The monoisotopic (exact) mass is 287 g/mol. The predicted molar refractivity (Wildman–Crippen MR) is 68.1 cm³/mol. The van der Waals surface area contributed by atoms with Crippen LogP contribution in [0.1, 0.15) is 19.3 Å². The Morgan fingerprint density at radius 3 is 2.89 bits per heavy atom. The van der Waals surface area contributed by atoms with Gasteiger partial charge < -0.3 is 15.5 Å². The third kappa shape index (κ3) is 2.56. The molecule has 1 unspecified atom stereocenters. The Morgan fingerprint density at radius 2 is 2.32 bits per heavy atom. The van der Waals surface area contributed by atoms with Crippen LogP contribution < -0.4 is 5.73 Å². The number of piperidine rings is 1. The molecular formula is C10H17N5O3S. The summed E-state index contributed by atoms with van der Waals surface area (Å²) in [5.74, 6) is -0.0841. The van der Waals surface area contributed by atoms with Gasteiger partial charge in [0.2, 0.25) is 0 Å². The lowest BCUT2D eigenvalue weighted by atomic mass is 10.0. The molecule has 1 saturated heterocycles. The van der Waals surface area contributed by atoms with Gasteiger partial charge in [0.1, 0.15) is 0 Å². The molecular weight excluding hydrogens is 270 g/mol. The Kier molecular flexibility index (Phi) is 3.76. The Bertz CT molecular complexity index is 580. The van der Waals surface area contributed by atoms with E-state index in [1.54, 1.807) is 11.6 Å². The summed E-state index contributed by atoms with van der Waals surface area (Å²) in [6, 6.07) is -0.606. The van der Waals surface area contributed by atoms with Gasteiger partial charge in [-0.3, -0.25) is 0 Å². The van der Waals surface area contributed by atoms with E-state index in [0.29, 0.717) is 13.0 Å². The number of aryl methyl sites for hydroxylation is 1. The van der Waals surface area contributed by atoms with Crippen LogP contribution in [0.2, 0.25) is 0 Å². The van der Waals surface area contributed by atoms with Crippen LogP contribution in [0.5, 0.6) is 0 Å². The quantitative estimate of drug-likeness (QED) is 0.343. The van der Waals surface area contributed by atoms with Crippen molar-refractivity contribution in [1.29, 1.82) is 0 Å². The Morgan fingerprint density at radius 1 is 1.58 bits per heavy atom. The van der Waals surface area contributed by atoms with Crippen LogP contribution in [0.25, 0.3) is 0 Å². The van der Waals surface area contributed by atoms with Gasteiger partial charge in [-0.15, -0.1) is 0 Å². The fraction of sp³-hybridized carbons (Fsp3) is 0.600. The molecule has 3 N–H and O–H groups in total. The van der Waals surface area contributed by atoms with Gasteiger partial charge in [0.05, 0.1) is 12.4 Å². The molecule has 1 aliphatic rings. The van der Waals surface area contributed by atoms with Crippen molar-refractivity contribution in [2.75, 3.05) is 6.54 Å². The van der Waals surface area contributed by atoms with Crippen LogP contribution in [0.3, 0.4) is 0 Å². The summed E-state index contributed by atoms with van der Waals surface area (Å²) in [6.07, 6.45) is 5.00. The van der Waals surface area contributed by atoms with Crippen LogP contribution in [0, 0.1) is 0 Å². The Labute approximate surface area is 111 Å². The molecule has 0 aromatic carbocycles.